The van der Waals surface area contributed by atoms with E-state index in [1.807, 2.05) is 0 Å². The molecule has 4 aromatic carbocycles. The molecule has 0 aliphatic rings. The molecule has 15 heteroatoms. The summed E-state index contributed by atoms with van der Waals surface area (Å²) in [7, 11) is 0. The molecule has 0 heterocycles. The minimum Gasteiger partial charge on any atom is -0.871 e. The molecule has 4 rings (SSSR count). The van der Waals surface area contributed by atoms with Gasteiger partial charge in [-0.2, -0.15) is 10.2 Å². The number of rotatable bonds is 6. The van der Waals surface area contributed by atoms with Gasteiger partial charge in [0.1, 0.15) is 11.5 Å². The largest absolute Gasteiger partial charge is 2.00 e. The van der Waals surface area contributed by atoms with Crippen molar-refractivity contribution < 1.29 is 47.1 Å². The number of phenolic OH excluding ortho intramolecular Hbond substituents is 2. The van der Waals surface area contributed by atoms with Crippen LogP contribution in [0.25, 0.3) is 0 Å². The second kappa shape index (κ2) is 17.2. The molecule has 43 heavy (non-hydrogen) atoms. The summed E-state index contributed by atoms with van der Waals surface area (Å²) in [6, 6.07) is 18.6. The fourth-order valence-corrected chi connectivity index (χ4v) is 5.64. The molecular weight excluding hydrogens is 863 g/mol. The summed E-state index contributed by atoms with van der Waals surface area (Å²) in [6.07, 6.45) is 2.49. The molecule has 4 aromatic rings. The molecule has 0 saturated heterocycles. The number of hydrazone groups is 2. The first-order chi connectivity index (χ1) is 20.0. The van der Waals surface area contributed by atoms with Gasteiger partial charge in [-0.1, -0.05) is 99.5 Å². The summed E-state index contributed by atoms with van der Waals surface area (Å²) in [6.45, 7) is 0. The molecule has 0 fully saturated rings. The van der Waals surface area contributed by atoms with Gasteiger partial charge in [0.05, 0.1) is 23.6 Å². The summed E-state index contributed by atoms with van der Waals surface area (Å²) in [4.78, 5) is 23.6. The van der Waals surface area contributed by atoms with Crippen molar-refractivity contribution >= 4 is 88.0 Å². The number of carbonyl (C=O) groups excluding carboxylic acids is 2. The van der Waals surface area contributed by atoms with Gasteiger partial charge in [0.15, 0.2) is 0 Å². The molecule has 0 aliphatic carbocycles. The van der Waals surface area contributed by atoms with Gasteiger partial charge in [-0.15, -0.1) is 0 Å². The number of halogens is 4. The number of para-hydroxylation sites is 2. The molecule has 2 amide bonds. The molecule has 0 unspecified atom stereocenters. The van der Waals surface area contributed by atoms with Crippen LogP contribution in [0.3, 0.4) is 0 Å². The van der Waals surface area contributed by atoms with E-state index < -0.39 is 11.8 Å². The van der Waals surface area contributed by atoms with Gasteiger partial charge in [0.25, 0.3) is 11.8 Å². The van der Waals surface area contributed by atoms with Crippen LogP contribution in [0.4, 0.5) is 0 Å². The summed E-state index contributed by atoms with van der Waals surface area (Å²) >= 11 is 12.8. The maximum atomic E-state index is 11.8. The van der Waals surface area contributed by atoms with Crippen LogP contribution in [0.5, 0.6) is 23.0 Å². The zero-order chi connectivity index (χ0) is 30.8. The number of aromatic hydroxyl groups is 2. The minimum absolute atomic E-state index is 0. The number of carbonyl (C=O) groups is 2. The van der Waals surface area contributed by atoms with Gasteiger partial charge in [0.2, 0.25) is 0 Å². The van der Waals surface area contributed by atoms with E-state index in [1.54, 1.807) is 48.5 Å². The van der Waals surface area contributed by atoms with Crippen LogP contribution in [0.2, 0.25) is 0 Å². The van der Waals surface area contributed by atoms with Crippen molar-refractivity contribution in [3.63, 3.8) is 0 Å². The Bertz CT molecular complexity index is 1560. The number of hydrogen-bond donors (Lipinski definition) is 4. The van der Waals surface area contributed by atoms with Crippen molar-refractivity contribution in [3.05, 3.63) is 113 Å². The minimum atomic E-state index is -0.564. The Morgan fingerprint density at radius 3 is 1.35 bits per heavy atom. The molecular formula is C28H18Br4MnN4O6. The molecule has 0 aliphatic heterocycles. The van der Waals surface area contributed by atoms with Crippen LogP contribution in [-0.4, -0.2) is 34.5 Å². The summed E-state index contributed by atoms with van der Waals surface area (Å²) in [5, 5.41) is 50.1. The van der Waals surface area contributed by atoms with E-state index in [2.05, 4.69) is 84.8 Å². The number of hydrogen-bond acceptors (Lipinski definition) is 8. The Labute approximate surface area is 289 Å². The van der Waals surface area contributed by atoms with E-state index in [4.69, 9.17) is 0 Å². The second-order valence-electron chi connectivity index (χ2n) is 8.04. The van der Waals surface area contributed by atoms with Crippen LogP contribution in [0, 0.1) is 0 Å². The van der Waals surface area contributed by atoms with Gasteiger partial charge >= 0.3 is 17.1 Å². The molecule has 4 N–H and O–H groups in total. The number of nitrogens with one attached hydrogen (secondary N) is 2. The number of phenols is 2. The predicted molar refractivity (Wildman–Crippen MR) is 169 cm³/mol. The SMILES string of the molecule is O=C(N/N=C/c1cc(Br)cc(Br)c1[O-])c1ccccc1O.O=C(N/N=C\c1cc(Br)cc(Br)c1[O-])c1ccccc1O.[Mn+2]. The summed E-state index contributed by atoms with van der Waals surface area (Å²) in [5.74, 6) is -1.88. The molecule has 0 aromatic heterocycles. The molecule has 0 saturated carbocycles. The molecule has 0 spiro atoms. The van der Waals surface area contributed by atoms with E-state index in [0.717, 1.165) is 0 Å². The van der Waals surface area contributed by atoms with Gasteiger partial charge < -0.3 is 20.4 Å². The van der Waals surface area contributed by atoms with Crippen LogP contribution in [-0.2, 0) is 17.1 Å². The number of amides is 2. The third kappa shape index (κ3) is 10.5. The average molecular weight is 881 g/mol. The Morgan fingerprint density at radius 1 is 0.651 bits per heavy atom. The van der Waals surface area contributed by atoms with Gasteiger partial charge in [-0.3, -0.25) is 9.59 Å². The maximum Gasteiger partial charge on any atom is 2.00 e. The first-order valence-electron chi connectivity index (χ1n) is 11.5. The standard InChI is InChI=1S/2C14H10Br2N2O3.Mn/c2*15-9-5-8(13(20)11(16)6-9)7-17-18-14(21)10-3-1-2-4-12(10)19;/h2*1-7,19-20H,(H,18,21);/q;;+2/p-2/b17-7+;17-7-;. The normalized spacial score (nSPS) is 10.5. The van der Waals surface area contributed by atoms with Gasteiger partial charge in [-0.05, 0) is 59.7 Å². The first-order valence-corrected chi connectivity index (χ1v) is 14.7. The van der Waals surface area contributed by atoms with Crippen molar-refractivity contribution in [1.82, 2.24) is 10.9 Å². The molecule has 10 nitrogen and oxygen atoms in total. The Balaban J connectivity index is 0.000000293. The second-order valence-corrected chi connectivity index (χ2v) is 11.6. The van der Waals surface area contributed by atoms with Crippen LogP contribution >= 0.6 is 63.7 Å². The Hall–Kier alpha value is -3.20. The fraction of sp³-hybridized carbons (Fsp3) is 0. The topological polar surface area (TPSA) is 169 Å². The summed E-state index contributed by atoms with van der Waals surface area (Å²) < 4.78 is 2.21. The molecule has 0 atom stereocenters. The van der Waals surface area contributed by atoms with Crippen molar-refractivity contribution in [2.24, 2.45) is 10.2 Å². The van der Waals surface area contributed by atoms with E-state index in [1.165, 1.54) is 36.7 Å². The van der Waals surface area contributed by atoms with Crippen molar-refractivity contribution in [3.8, 4) is 23.0 Å². The third-order valence-electron chi connectivity index (χ3n) is 5.11. The third-order valence-corrected chi connectivity index (χ3v) is 7.20. The molecule has 1 radical (unpaired) electrons. The van der Waals surface area contributed by atoms with Crippen molar-refractivity contribution in [2.45, 2.75) is 0 Å². The Kier molecular flexibility index (Phi) is 14.4. The van der Waals surface area contributed by atoms with Crippen LogP contribution < -0.4 is 21.1 Å². The van der Waals surface area contributed by atoms with E-state index >= 15 is 0 Å². The number of benzene rings is 4. The Morgan fingerprint density at radius 2 is 1.00 bits per heavy atom. The predicted octanol–water partition coefficient (Wildman–Crippen LogP) is 5.51. The quantitative estimate of drug-likeness (QED) is 0.113. The van der Waals surface area contributed by atoms with E-state index in [-0.39, 0.29) is 51.2 Å². The zero-order valence-electron chi connectivity index (χ0n) is 21.4. The molecule has 0 bridgehead atoms. The average Bonchev–Trinajstić information content (AvgIpc) is 2.94. The van der Waals surface area contributed by atoms with Crippen molar-refractivity contribution in [2.75, 3.05) is 0 Å². The zero-order valence-corrected chi connectivity index (χ0v) is 28.9. The van der Waals surface area contributed by atoms with Crippen LogP contribution in [0.15, 0.2) is 101 Å². The smallest absolute Gasteiger partial charge is 0.871 e. The van der Waals surface area contributed by atoms with E-state index in [0.29, 0.717) is 29.0 Å². The molecule has 221 valence electrons. The monoisotopic (exact) mass is 877 g/mol. The van der Waals surface area contributed by atoms with Crippen LogP contribution in [0.1, 0.15) is 31.8 Å². The van der Waals surface area contributed by atoms with E-state index in [9.17, 15) is 30.0 Å². The first kappa shape index (κ1) is 36.0. The fourth-order valence-electron chi connectivity index (χ4n) is 3.12. The maximum absolute atomic E-state index is 11.8. The number of nitrogens with zero attached hydrogens (tertiary/aromatic N) is 2. The van der Waals surface area contributed by atoms with Gasteiger partial charge in [0, 0.05) is 17.9 Å². The van der Waals surface area contributed by atoms with Gasteiger partial charge in [-0.25, -0.2) is 10.9 Å². The summed E-state index contributed by atoms with van der Waals surface area (Å²) in [5.41, 5.74) is 5.35. The van der Waals surface area contributed by atoms with Crippen molar-refractivity contribution in [1.29, 1.82) is 0 Å².